The van der Waals surface area contributed by atoms with Crippen LogP contribution >= 0.6 is 35.3 Å². The molecule has 0 radical (unpaired) electrons. The molecule has 2 aliphatic heterocycles. The monoisotopic (exact) mass is 516 g/mol. The number of nitrogens with one attached hydrogen (secondary N) is 2. The second kappa shape index (κ2) is 11.8. The van der Waals surface area contributed by atoms with Gasteiger partial charge >= 0.3 is 0 Å². The molecule has 0 saturated carbocycles. The van der Waals surface area contributed by atoms with E-state index < -0.39 is 0 Å². The number of rotatable bonds is 11. The van der Waals surface area contributed by atoms with E-state index in [0.29, 0.717) is 19.4 Å². The summed E-state index contributed by atoms with van der Waals surface area (Å²) in [5, 5.41) is 3.39. The minimum atomic E-state index is -0.355. The Balaban J connectivity index is 1.10. The summed E-state index contributed by atoms with van der Waals surface area (Å²) < 4.78 is 5.81. The summed E-state index contributed by atoms with van der Waals surface area (Å²) in [6.45, 7) is 0.633. The van der Waals surface area contributed by atoms with Crippen molar-refractivity contribution in [1.82, 2.24) is 10.6 Å². The summed E-state index contributed by atoms with van der Waals surface area (Å²) in [7, 11) is 0. The van der Waals surface area contributed by atoms with Gasteiger partial charge in [-0.25, -0.2) is 0 Å². The zero-order chi connectivity index (χ0) is 23.9. The van der Waals surface area contributed by atoms with Gasteiger partial charge < -0.3 is 4.74 Å². The quantitative estimate of drug-likeness (QED) is 0.334. The lowest BCUT2D eigenvalue weighted by Gasteiger charge is -2.09. The number of hydrogen-bond donors (Lipinski definition) is 2. The van der Waals surface area contributed by atoms with Crippen LogP contribution in [0.25, 0.3) is 0 Å². The molecule has 2 N–H and O–H groups in total. The van der Waals surface area contributed by atoms with E-state index in [-0.39, 0.29) is 32.8 Å². The number of thioether (sulfide) groups is 3. The van der Waals surface area contributed by atoms with Crippen molar-refractivity contribution in [1.29, 1.82) is 0 Å². The Morgan fingerprint density at radius 3 is 1.76 bits per heavy atom. The first-order chi connectivity index (χ1) is 16.5. The zero-order valence-corrected chi connectivity index (χ0v) is 20.7. The van der Waals surface area contributed by atoms with Crippen LogP contribution in [0.15, 0.2) is 53.4 Å². The zero-order valence-electron chi connectivity index (χ0n) is 18.3. The fourth-order valence-corrected chi connectivity index (χ4v) is 6.14. The van der Waals surface area contributed by atoms with Gasteiger partial charge in [-0.2, -0.15) is 0 Å². The first kappa shape index (κ1) is 24.7. The Kier molecular flexibility index (Phi) is 8.58. The summed E-state index contributed by atoms with van der Waals surface area (Å²) in [6.07, 6.45) is 3.04. The number of benzene rings is 2. The van der Waals surface area contributed by atoms with Crippen molar-refractivity contribution in [3.63, 3.8) is 0 Å². The number of carbonyl (C=O) groups is 4. The lowest BCUT2D eigenvalue weighted by molar-refractivity contribution is -0.119. The number of amides is 4. The van der Waals surface area contributed by atoms with Gasteiger partial charge in [-0.3, -0.25) is 29.8 Å². The van der Waals surface area contributed by atoms with Crippen molar-refractivity contribution in [3.8, 4) is 5.75 Å². The lowest BCUT2D eigenvalue weighted by Crippen LogP contribution is -2.25. The lowest BCUT2D eigenvalue weighted by atomic mass is 10.1. The molecular weight excluding hydrogens is 492 g/mol. The van der Waals surface area contributed by atoms with Crippen molar-refractivity contribution < 1.29 is 23.9 Å². The Bertz CT molecular complexity index is 974. The van der Waals surface area contributed by atoms with Crippen molar-refractivity contribution in [3.05, 3.63) is 59.7 Å². The van der Waals surface area contributed by atoms with Gasteiger partial charge in [0.1, 0.15) is 5.75 Å². The molecule has 4 rings (SSSR count). The molecule has 2 heterocycles. The van der Waals surface area contributed by atoms with Crippen LogP contribution in [0.2, 0.25) is 0 Å². The number of unbranched alkanes of at least 4 members (excludes halogenated alkanes) is 1. The summed E-state index contributed by atoms with van der Waals surface area (Å²) in [6, 6.07) is 15.8. The predicted molar refractivity (Wildman–Crippen MR) is 136 cm³/mol. The van der Waals surface area contributed by atoms with Gasteiger partial charge in [-0.1, -0.05) is 47.8 Å². The third-order valence-corrected chi connectivity index (χ3v) is 8.36. The molecular formula is C24H24N2O5S3. The smallest absolute Gasteiger partial charge is 0.286 e. The third-order valence-electron chi connectivity index (χ3n) is 5.30. The highest BCUT2D eigenvalue weighted by Crippen LogP contribution is 2.26. The summed E-state index contributed by atoms with van der Waals surface area (Å²) >= 11 is 3.88. The van der Waals surface area contributed by atoms with Gasteiger partial charge in [0, 0.05) is 4.90 Å². The van der Waals surface area contributed by atoms with Gasteiger partial charge in [-0.15, -0.1) is 11.8 Å². The fraction of sp³-hybridized carbons (Fsp3) is 0.333. The molecule has 2 aromatic carbocycles. The predicted octanol–water partition coefficient (Wildman–Crippen LogP) is 4.43. The number of carbonyl (C=O) groups excluding carboxylic acids is 4. The normalized spacial score (nSPS) is 19.9. The van der Waals surface area contributed by atoms with Crippen molar-refractivity contribution in [2.24, 2.45) is 0 Å². The van der Waals surface area contributed by atoms with Crippen LogP contribution in [0.1, 0.15) is 24.0 Å². The molecule has 0 aliphatic carbocycles. The van der Waals surface area contributed by atoms with E-state index in [2.05, 4.69) is 22.8 Å². The van der Waals surface area contributed by atoms with Gasteiger partial charge in [0.2, 0.25) is 11.8 Å². The number of imide groups is 2. The van der Waals surface area contributed by atoms with Crippen LogP contribution in [-0.4, -0.2) is 45.2 Å². The second-order valence-corrected chi connectivity index (χ2v) is 11.4. The largest absolute Gasteiger partial charge is 0.494 e. The molecule has 0 spiro atoms. The van der Waals surface area contributed by atoms with Gasteiger partial charge in [0.15, 0.2) is 0 Å². The molecule has 10 heteroatoms. The van der Waals surface area contributed by atoms with E-state index in [9.17, 15) is 19.2 Å². The Morgan fingerprint density at radius 2 is 1.26 bits per heavy atom. The molecule has 7 nitrogen and oxygen atoms in total. The van der Waals surface area contributed by atoms with Gasteiger partial charge in [0.05, 0.1) is 17.1 Å². The van der Waals surface area contributed by atoms with E-state index in [0.717, 1.165) is 59.0 Å². The second-order valence-electron chi connectivity index (χ2n) is 7.87. The molecule has 2 saturated heterocycles. The highest BCUT2D eigenvalue weighted by molar-refractivity contribution is 8.15. The third kappa shape index (κ3) is 7.04. The summed E-state index contributed by atoms with van der Waals surface area (Å²) in [5.41, 5.74) is 2.04. The molecule has 2 aliphatic rings. The van der Waals surface area contributed by atoms with Crippen LogP contribution in [-0.2, 0) is 22.4 Å². The molecule has 0 aromatic heterocycles. The highest BCUT2D eigenvalue weighted by atomic mass is 32.2. The van der Waals surface area contributed by atoms with E-state index in [1.165, 1.54) is 4.90 Å². The van der Waals surface area contributed by atoms with E-state index >= 15 is 0 Å². The van der Waals surface area contributed by atoms with Crippen LogP contribution in [0.3, 0.4) is 0 Å². The molecule has 2 aromatic rings. The van der Waals surface area contributed by atoms with Crippen LogP contribution in [0.5, 0.6) is 5.75 Å². The molecule has 2 fully saturated rings. The molecule has 34 heavy (non-hydrogen) atoms. The maximum atomic E-state index is 11.7. The molecule has 178 valence electrons. The molecule has 0 bridgehead atoms. The van der Waals surface area contributed by atoms with Crippen molar-refractivity contribution in [2.75, 3.05) is 12.4 Å². The SMILES string of the molecule is O=C1NC(=O)C(Cc2ccc(OCCCCSc3ccc(CC4SC(=O)NC4=O)cc3)cc2)S1. The van der Waals surface area contributed by atoms with Crippen LogP contribution in [0.4, 0.5) is 9.59 Å². The first-order valence-corrected chi connectivity index (χ1v) is 13.7. The molecule has 2 atom stereocenters. The Labute approximate surface area is 210 Å². The number of ether oxygens (including phenoxy) is 1. The fourth-order valence-electron chi connectivity index (χ4n) is 3.51. The van der Waals surface area contributed by atoms with E-state index in [1.54, 1.807) is 11.8 Å². The standard InChI is InChI=1S/C24H24N2O5S3/c27-21-19(33-23(29)25-21)13-15-3-7-17(8-4-15)31-11-1-2-12-32-18-9-5-16(6-10-18)14-20-22(28)26-24(30)34-20/h3-10,19-20H,1-2,11-14H2,(H,25,27,29)(H,26,28,30). The van der Waals surface area contributed by atoms with Gasteiger partial charge in [-0.05, 0) is 66.8 Å². The van der Waals surface area contributed by atoms with E-state index in [1.807, 2.05) is 36.4 Å². The van der Waals surface area contributed by atoms with Crippen LogP contribution < -0.4 is 15.4 Å². The Morgan fingerprint density at radius 1 is 0.735 bits per heavy atom. The first-order valence-electron chi connectivity index (χ1n) is 10.9. The van der Waals surface area contributed by atoms with Gasteiger partial charge in [0.25, 0.3) is 10.5 Å². The maximum absolute atomic E-state index is 11.7. The van der Waals surface area contributed by atoms with Crippen molar-refractivity contribution in [2.45, 2.75) is 41.1 Å². The minimum absolute atomic E-state index is 0.207. The molecule has 4 amide bonds. The summed E-state index contributed by atoms with van der Waals surface area (Å²) in [5.74, 6) is 1.35. The Hall–Kier alpha value is -2.43. The summed E-state index contributed by atoms with van der Waals surface area (Å²) in [4.78, 5) is 47.1. The average Bonchev–Trinajstić information content (AvgIpc) is 3.31. The average molecular weight is 517 g/mol. The highest BCUT2D eigenvalue weighted by Gasteiger charge is 2.32. The van der Waals surface area contributed by atoms with E-state index in [4.69, 9.17) is 4.74 Å². The maximum Gasteiger partial charge on any atom is 0.286 e. The molecule has 2 unspecified atom stereocenters. The van der Waals surface area contributed by atoms with Crippen molar-refractivity contribution >= 4 is 57.6 Å². The number of hydrogen-bond acceptors (Lipinski definition) is 8. The van der Waals surface area contributed by atoms with Crippen LogP contribution in [0, 0.1) is 0 Å². The minimum Gasteiger partial charge on any atom is -0.494 e. The topological polar surface area (TPSA) is 102 Å².